The van der Waals surface area contributed by atoms with Gasteiger partial charge < -0.3 is 0 Å². The highest BCUT2D eigenvalue weighted by atomic mass is 32.2. The van der Waals surface area contributed by atoms with E-state index in [-0.39, 0.29) is 9.79 Å². The molecule has 188 valence electrons. The van der Waals surface area contributed by atoms with Gasteiger partial charge in [-0.05, 0) is 60.9 Å². The minimum Gasteiger partial charge on any atom is -0.223 e. The Hall–Kier alpha value is -2.96. The maximum Gasteiger partial charge on any atom is 0.183 e. The molecule has 7 rings (SSSR count). The highest BCUT2D eigenvalue weighted by Gasteiger charge is 2.67. The van der Waals surface area contributed by atoms with Crippen molar-refractivity contribution in [2.24, 2.45) is 23.7 Å². The summed E-state index contributed by atoms with van der Waals surface area (Å²) in [6.45, 7) is 0. The van der Waals surface area contributed by atoms with E-state index in [1.807, 2.05) is 30.3 Å². The van der Waals surface area contributed by atoms with Gasteiger partial charge in [-0.15, -0.1) is 0 Å². The molecule has 6 heteroatoms. The molecule has 3 aromatic carbocycles. The zero-order chi connectivity index (χ0) is 25.4. The van der Waals surface area contributed by atoms with E-state index < -0.39 is 42.0 Å². The molecule has 0 spiro atoms. The Morgan fingerprint density at radius 1 is 0.568 bits per heavy atom. The normalized spacial score (nSPS) is 30.1. The van der Waals surface area contributed by atoms with E-state index in [2.05, 4.69) is 6.08 Å². The summed E-state index contributed by atoms with van der Waals surface area (Å²) in [5.41, 5.74) is 4.44. The Morgan fingerprint density at radius 3 is 1.41 bits per heavy atom. The fraction of sp³-hybridized carbons (Fsp3) is 0.290. The Balaban J connectivity index is 1.50. The average Bonchev–Trinajstić information content (AvgIpc) is 3.69. The largest absolute Gasteiger partial charge is 0.223 e. The number of allylic oxidation sites excluding steroid dienone is 3. The van der Waals surface area contributed by atoms with Gasteiger partial charge in [-0.1, -0.05) is 89.5 Å². The van der Waals surface area contributed by atoms with Crippen molar-refractivity contribution in [3.63, 3.8) is 0 Å². The van der Waals surface area contributed by atoms with E-state index in [0.717, 1.165) is 30.4 Å². The first kappa shape index (κ1) is 23.2. The van der Waals surface area contributed by atoms with Crippen LogP contribution in [-0.4, -0.2) is 27.3 Å². The molecule has 2 saturated carbocycles. The maximum atomic E-state index is 14.4. The maximum absolute atomic E-state index is 14.4. The summed E-state index contributed by atoms with van der Waals surface area (Å²) in [4.78, 5) is 0.398. The Bertz CT molecular complexity index is 1540. The van der Waals surface area contributed by atoms with Crippen molar-refractivity contribution in [2.45, 2.75) is 39.6 Å². The number of hydrogen-bond donors (Lipinski definition) is 0. The van der Waals surface area contributed by atoms with Crippen LogP contribution in [0, 0.1) is 23.7 Å². The molecule has 0 heterocycles. The molecule has 3 aromatic rings. The molecule has 6 unspecified atom stereocenters. The minimum atomic E-state index is -3.94. The summed E-state index contributed by atoms with van der Waals surface area (Å²) in [7, 11) is -7.89. The number of hydrogen-bond acceptors (Lipinski definition) is 4. The van der Waals surface area contributed by atoms with Gasteiger partial charge in [0, 0.05) is 11.8 Å². The third-order valence-electron chi connectivity index (χ3n) is 9.01. The van der Waals surface area contributed by atoms with Crippen molar-refractivity contribution in [1.29, 1.82) is 0 Å². The van der Waals surface area contributed by atoms with Crippen molar-refractivity contribution in [3.05, 3.63) is 113 Å². The van der Waals surface area contributed by atoms with Crippen LogP contribution in [0.25, 0.3) is 6.08 Å². The fourth-order valence-corrected chi connectivity index (χ4v) is 12.6. The predicted molar refractivity (Wildman–Crippen MR) is 144 cm³/mol. The molecule has 4 bridgehead atoms. The summed E-state index contributed by atoms with van der Waals surface area (Å²) in [6, 6.07) is 26.7. The van der Waals surface area contributed by atoms with E-state index in [0.29, 0.717) is 11.8 Å². The smallest absolute Gasteiger partial charge is 0.183 e. The van der Waals surface area contributed by atoms with Crippen molar-refractivity contribution < 1.29 is 16.8 Å². The zero-order valence-corrected chi connectivity index (χ0v) is 21.9. The lowest BCUT2D eigenvalue weighted by Gasteiger charge is -2.35. The van der Waals surface area contributed by atoms with Crippen LogP contribution in [0.2, 0.25) is 0 Å². The average molecular weight is 529 g/mol. The van der Waals surface area contributed by atoms with Crippen molar-refractivity contribution in [1.82, 2.24) is 0 Å². The number of rotatable bonds is 5. The van der Waals surface area contributed by atoms with Crippen LogP contribution >= 0.6 is 0 Å². The Morgan fingerprint density at radius 2 is 0.973 bits per heavy atom. The van der Waals surface area contributed by atoms with Gasteiger partial charge in [-0.25, -0.2) is 16.8 Å². The van der Waals surface area contributed by atoms with Crippen LogP contribution in [0.3, 0.4) is 0 Å². The van der Waals surface area contributed by atoms with Crippen LogP contribution in [0.5, 0.6) is 0 Å². The second-order valence-electron chi connectivity index (χ2n) is 10.8. The summed E-state index contributed by atoms with van der Waals surface area (Å²) in [5.74, 6) is -0.0700. The Kier molecular flexibility index (Phi) is 5.18. The minimum absolute atomic E-state index is 0.199. The van der Waals surface area contributed by atoms with Gasteiger partial charge in [-0.2, -0.15) is 0 Å². The lowest BCUT2D eigenvalue weighted by Crippen LogP contribution is -2.45. The van der Waals surface area contributed by atoms with E-state index in [9.17, 15) is 16.8 Å². The van der Waals surface area contributed by atoms with Gasteiger partial charge in [0.15, 0.2) is 19.7 Å². The molecule has 0 radical (unpaired) electrons. The zero-order valence-electron chi connectivity index (χ0n) is 20.3. The third kappa shape index (κ3) is 3.31. The fourth-order valence-electron chi connectivity index (χ4n) is 7.72. The van der Waals surface area contributed by atoms with Crippen LogP contribution in [0.4, 0.5) is 0 Å². The number of benzene rings is 3. The highest BCUT2D eigenvalue weighted by molar-refractivity contribution is 7.96. The topological polar surface area (TPSA) is 68.3 Å². The quantitative estimate of drug-likeness (QED) is 0.313. The van der Waals surface area contributed by atoms with Gasteiger partial charge in [-0.3, -0.25) is 0 Å². The van der Waals surface area contributed by atoms with Gasteiger partial charge in [0.2, 0.25) is 0 Å². The lowest BCUT2D eigenvalue weighted by molar-refractivity contribution is 0.494. The standard InChI is InChI=1S/C31H28O4S2/c32-36(33,23-12-6-2-7-13-23)30-28-25(18-20-10-4-1-5-11-20)29(27-22-17-16-21(19-22)26(27)28)31(30)37(34,35)24-14-8-3-9-15-24/h1-15,18,21-22,28-31H,16-17,19H2. The van der Waals surface area contributed by atoms with Crippen LogP contribution in [-0.2, 0) is 19.7 Å². The second-order valence-corrected chi connectivity index (χ2v) is 15.0. The molecule has 0 amide bonds. The monoisotopic (exact) mass is 528 g/mol. The lowest BCUT2D eigenvalue weighted by atomic mass is 9.82. The summed E-state index contributed by atoms with van der Waals surface area (Å²) >= 11 is 0. The van der Waals surface area contributed by atoms with Crippen LogP contribution < -0.4 is 0 Å². The molecule has 0 aliphatic heterocycles. The van der Waals surface area contributed by atoms with Gasteiger partial charge in [0.1, 0.15) is 0 Å². The highest BCUT2D eigenvalue weighted by Crippen LogP contribution is 2.68. The van der Waals surface area contributed by atoms with Crippen molar-refractivity contribution >= 4 is 25.8 Å². The summed E-state index contributed by atoms with van der Waals surface area (Å²) in [6.07, 6.45) is 5.26. The molecule has 6 atom stereocenters. The number of fused-ring (bicyclic) bond motifs is 8. The van der Waals surface area contributed by atoms with Crippen molar-refractivity contribution in [2.75, 3.05) is 0 Å². The summed E-state index contributed by atoms with van der Waals surface area (Å²) in [5, 5.41) is -2.09. The number of sulfone groups is 2. The van der Waals surface area contributed by atoms with Crippen LogP contribution in [0.1, 0.15) is 24.8 Å². The van der Waals surface area contributed by atoms with E-state index in [1.54, 1.807) is 60.7 Å². The molecule has 4 nitrogen and oxygen atoms in total. The summed E-state index contributed by atoms with van der Waals surface area (Å²) < 4.78 is 57.6. The van der Waals surface area contributed by atoms with Crippen LogP contribution in [0.15, 0.2) is 118 Å². The molecule has 37 heavy (non-hydrogen) atoms. The molecule has 0 aromatic heterocycles. The molecule has 4 aliphatic rings. The first-order chi connectivity index (χ1) is 17.9. The predicted octanol–water partition coefficient (Wildman–Crippen LogP) is 5.74. The van der Waals surface area contributed by atoms with E-state index >= 15 is 0 Å². The molecular formula is C31H28O4S2. The second kappa shape index (κ2) is 8.27. The molecule has 0 N–H and O–H groups in total. The van der Waals surface area contributed by atoms with Gasteiger partial charge in [0.25, 0.3) is 0 Å². The van der Waals surface area contributed by atoms with Gasteiger partial charge in [0.05, 0.1) is 20.3 Å². The Labute approximate surface area is 218 Å². The molecule has 0 saturated heterocycles. The molecule has 2 fully saturated rings. The van der Waals surface area contributed by atoms with Gasteiger partial charge >= 0.3 is 0 Å². The molecular weight excluding hydrogens is 500 g/mol. The SMILES string of the molecule is O=S(=O)(c1ccccc1)C1C2C(=Cc3ccccc3)C(C3=C2C2CCC3C2)C1S(=O)(=O)c1ccccc1. The molecule has 4 aliphatic carbocycles. The first-order valence-electron chi connectivity index (χ1n) is 13.0. The third-order valence-corrected chi connectivity index (χ3v) is 13.6. The first-order valence-corrected chi connectivity index (χ1v) is 16.1. The van der Waals surface area contributed by atoms with E-state index in [4.69, 9.17) is 0 Å². The van der Waals surface area contributed by atoms with Crippen molar-refractivity contribution in [3.8, 4) is 0 Å². The van der Waals surface area contributed by atoms with E-state index in [1.165, 1.54) is 11.1 Å².